The molecule has 3 nitrogen and oxygen atoms in total. The summed E-state index contributed by atoms with van der Waals surface area (Å²) < 4.78 is 32.3. The van der Waals surface area contributed by atoms with Gasteiger partial charge in [0.15, 0.2) is 0 Å². The van der Waals surface area contributed by atoms with Gasteiger partial charge in [-0.05, 0) is 48.9 Å². The molecule has 0 saturated heterocycles. The molecule has 30 heavy (non-hydrogen) atoms. The van der Waals surface area contributed by atoms with Crippen LogP contribution in [0.1, 0.15) is 133 Å². The van der Waals surface area contributed by atoms with Crippen molar-refractivity contribution in [2.24, 2.45) is 0 Å². The lowest BCUT2D eigenvalue weighted by atomic mass is 9.89. The van der Waals surface area contributed by atoms with Gasteiger partial charge in [-0.25, -0.2) is 0 Å². The fourth-order valence-electron chi connectivity index (χ4n) is 4.43. The second-order valence-corrected chi connectivity index (χ2v) is 10.6. The molecule has 0 heterocycles. The molecule has 1 N–H and O–H groups in total. The molecule has 0 amide bonds. The van der Waals surface area contributed by atoms with E-state index in [4.69, 9.17) is 0 Å². The average molecular weight is 439 g/mol. The molecule has 4 heteroatoms. The highest BCUT2D eigenvalue weighted by atomic mass is 32.2. The van der Waals surface area contributed by atoms with Gasteiger partial charge in [-0.3, -0.25) is 4.55 Å². The van der Waals surface area contributed by atoms with Crippen LogP contribution in [-0.2, 0) is 10.1 Å². The molecule has 0 aliphatic carbocycles. The molecule has 0 aliphatic heterocycles. The molecule has 0 aromatic heterocycles. The Balaban J connectivity index is 2.13. The zero-order chi connectivity index (χ0) is 22.4. The molecule has 1 rings (SSSR count). The predicted molar refractivity (Wildman–Crippen MR) is 129 cm³/mol. The Morgan fingerprint density at radius 3 is 1.60 bits per heavy atom. The van der Waals surface area contributed by atoms with Crippen LogP contribution in [0.3, 0.4) is 0 Å². The van der Waals surface area contributed by atoms with E-state index in [2.05, 4.69) is 13.8 Å². The summed E-state index contributed by atoms with van der Waals surface area (Å²) in [5.74, 6) is 0.413. The number of hydrogen-bond donors (Lipinski definition) is 1. The maximum Gasteiger partial charge on any atom is 0.294 e. The SMILES string of the molecule is CCCCCCCCCCCCCCCCC(C)c1ccc(S(=O)(=O)O)c(C)c1C. The van der Waals surface area contributed by atoms with Crippen LogP contribution in [0, 0.1) is 13.8 Å². The number of unbranched alkanes of at least 4 members (excludes halogenated alkanes) is 13. The van der Waals surface area contributed by atoms with Crippen molar-refractivity contribution in [1.82, 2.24) is 0 Å². The quantitative estimate of drug-likeness (QED) is 0.196. The first-order chi connectivity index (χ1) is 14.3. The molecule has 1 unspecified atom stereocenters. The summed E-state index contributed by atoms with van der Waals surface area (Å²) in [7, 11) is -4.14. The van der Waals surface area contributed by atoms with Gasteiger partial charge in [-0.2, -0.15) is 8.42 Å². The van der Waals surface area contributed by atoms with Gasteiger partial charge in [0, 0.05) is 0 Å². The minimum Gasteiger partial charge on any atom is -0.282 e. The van der Waals surface area contributed by atoms with Gasteiger partial charge >= 0.3 is 0 Å². The van der Waals surface area contributed by atoms with E-state index in [1.54, 1.807) is 13.0 Å². The van der Waals surface area contributed by atoms with Crippen molar-refractivity contribution in [1.29, 1.82) is 0 Å². The van der Waals surface area contributed by atoms with Gasteiger partial charge in [0.2, 0.25) is 0 Å². The minimum absolute atomic E-state index is 0.0347. The summed E-state index contributed by atoms with van der Waals surface area (Å²) in [5, 5.41) is 0. The first kappa shape index (κ1) is 27.2. The van der Waals surface area contributed by atoms with Crippen LogP contribution >= 0.6 is 0 Å². The van der Waals surface area contributed by atoms with E-state index in [1.165, 1.54) is 95.5 Å². The summed E-state index contributed by atoms with van der Waals surface area (Å²) in [4.78, 5) is 0.0347. The third-order valence-corrected chi connectivity index (χ3v) is 7.58. The number of hydrogen-bond acceptors (Lipinski definition) is 2. The largest absolute Gasteiger partial charge is 0.294 e. The fraction of sp³-hybridized carbons (Fsp3) is 0.769. The lowest BCUT2D eigenvalue weighted by Crippen LogP contribution is -2.06. The lowest BCUT2D eigenvalue weighted by molar-refractivity contribution is 0.482. The summed E-state index contributed by atoms with van der Waals surface area (Å²) in [6.07, 6.45) is 20.3. The summed E-state index contributed by atoms with van der Waals surface area (Å²) >= 11 is 0. The lowest BCUT2D eigenvalue weighted by Gasteiger charge is -2.18. The maximum absolute atomic E-state index is 11.5. The van der Waals surface area contributed by atoms with Gasteiger partial charge < -0.3 is 0 Å². The topological polar surface area (TPSA) is 54.4 Å². The van der Waals surface area contributed by atoms with E-state index in [0.29, 0.717) is 11.5 Å². The minimum atomic E-state index is -4.14. The van der Waals surface area contributed by atoms with Crippen LogP contribution in [0.2, 0.25) is 0 Å². The molecule has 1 atom stereocenters. The second kappa shape index (κ2) is 15.0. The van der Waals surface area contributed by atoms with E-state index >= 15 is 0 Å². The predicted octanol–water partition coefficient (Wildman–Crippen LogP) is 8.53. The van der Waals surface area contributed by atoms with Crippen molar-refractivity contribution in [3.05, 3.63) is 28.8 Å². The van der Waals surface area contributed by atoms with Gasteiger partial charge in [-0.1, -0.05) is 110 Å². The molecule has 1 aromatic carbocycles. The Bertz CT molecular complexity index is 694. The van der Waals surface area contributed by atoms with E-state index < -0.39 is 10.1 Å². The molecular formula is C26H46O3S. The van der Waals surface area contributed by atoms with E-state index in [0.717, 1.165) is 12.0 Å². The van der Waals surface area contributed by atoms with Crippen molar-refractivity contribution in [2.45, 2.75) is 135 Å². The molecule has 0 radical (unpaired) electrons. The van der Waals surface area contributed by atoms with Crippen LogP contribution in [0.4, 0.5) is 0 Å². The molecule has 174 valence electrons. The van der Waals surface area contributed by atoms with Crippen molar-refractivity contribution < 1.29 is 13.0 Å². The van der Waals surface area contributed by atoms with E-state index in [1.807, 2.05) is 13.0 Å². The van der Waals surface area contributed by atoms with Crippen LogP contribution in [0.15, 0.2) is 17.0 Å². The van der Waals surface area contributed by atoms with Crippen molar-refractivity contribution in [2.75, 3.05) is 0 Å². The number of benzene rings is 1. The van der Waals surface area contributed by atoms with Crippen LogP contribution in [0.5, 0.6) is 0 Å². The third kappa shape index (κ3) is 10.4. The van der Waals surface area contributed by atoms with E-state index in [9.17, 15) is 13.0 Å². The van der Waals surface area contributed by atoms with Crippen LogP contribution in [0.25, 0.3) is 0 Å². The Kier molecular flexibility index (Phi) is 13.6. The highest BCUT2D eigenvalue weighted by molar-refractivity contribution is 7.85. The highest BCUT2D eigenvalue weighted by Crippen LogP contribution is 2.30. The molecule has 0 spiro atoms. The summed E-state index contributed by atoms with van der Waals surface area (Å²) in [6.45, 7) is 8.23. The van der Waals surface area contributed by atoms with Gasteiger partial charge in [-0.15, -0.1) is 0 Å². The van der Waals surface area contributed by atoms with Gasteiger partial charge in [0.1, 0.15) is 0 Å². The number of rotatable bonds is 17. The van der Waals surface area contributed by atoms with Crippen molar-refractivity contribution >= 4 is 10.1 Å². The van der Waals surface area contributed by atoms with Gasteiger partial charge in [0.25, 0.3) is 10.1 Å². The van der Waals surface area contributed by atoms with Crippen molar-refractivity contribution in [3.8, 4) is 0 Å². The molecular weight excluding hydrogens is 392 g/mol. The Hall–Kier alpha value is -0.870. The maximum atomic E-state index is 11.5. The van der Waals surface area contributed by atoms with Crippen LogP contribution in [-0.4, -0.2) is 13.0 Å². The van der Waals surface area contributed by atoms with Crippen LogP contribution < -0.4 is 0 Å². The van der Waals surface area contributed by atoms with Crippen molar-refractivity contribution in [3.63, 3.8) is 0 Å². The third-order valence-electron chi connectivity index (χ3n) is 6.58. The Labute approximate surface area is 186 Å². The summed E-state index contributed by atoms with van der Waals surface area (Å²) in [6, 6.07) is 3.43. The molecule has 0 fully saturated rings. The first-order valence-corrected chi connectivity index (χ1v) is 13.8. The molecule has 0 bridgehead atoms. The standard InChI is InChI=1S/C26H46O3S/c1-5-6-7-8-9-10-11-12-13-14-15-16-17-18-19-22(2)25-20-21-26(30(27,28)29)24(4)23(25)3/h20-22H,5-19H2,1-4H3,(H,27,28,29). The monoisotopic (exact) mass is 438 g/mol. The highest BCUT2D eigenvalue weighted by Gasteiger charge is 2.18. The first-order valence-electron chi connectivity index (χ1n) is 12.4. The molecule has 0 saturated carbocycles. The fourth-order valence-corrected chi connectivity index (χ4v) is 5.21. The average Bonchev–Trinajstić information content (AvgIpc) is 2.69. The Morgan fingerprint density at radius 1 is 0.733 bits per heavy atom. The van der Waals surface area contributed by atoms with Gasteiger partial charge in [0.05, 0.1) is 4.90 Å². The Morgan fingerprint density at radius 2 is 1.17 bits per heavy atom. The zero-order valence-corrected chi connectivity index (χ0v) is 20.8. The zero-order valence-electron chi connectivity index (χ0n) is 20.0. The normalized spacial score (nSPS) is 13.0. The smallest absolute Gasteiger partial charge is 0.282 e. The molecule has 1 aromatic rings. The molecule has 0 aliphatic rings. The second-order valence-electron chi connectivity index (χ2n) is 9.16. The van der Waals surface area contributed by atoms with E-state index in [-0.39, 0.29) is 4.90 Å². The summed E-state index contributed by atoms with van der Waals surface area (Å²) in [5.41, 5.74) is 2.86.